The van der Waals surface area contributed by atoms with Gasteiger partial charge in [-0.05, 0) is 17.7 Å². The highest BCUT2D eigenvalue weighted by atomic mass is 19.4. The molecule has 0 N–H and O–H groups in total. The van der Waals surface area contributed by atoms with Gasteiger partial charge < -0.3 is 0 Å². The minimum Gasteiger partial charge on any atom is -0.244 e. The fraction of sp³-hybridized carbons (Fsp3) is 0.0909. The fourth-order valence-corrected chi connectivity index (χ4v) is 1.27. The first kappa shape index (κ1) is 10.6. The van der Waals surface area contributed by atoms with Crippen LogP contribution in [0.3, 0.4) is 0 Å². The van der Waals surface area contributed by atoms with E-state index in [0.29, 0.717) is 11.1 Å². The van der Waals surface area contributed by atoms with Gasteiger partial charge in [-0.3, -0.25) is 0 Å². The van der Waals surface area contributed by atoms with Crippen molar-refractivity contribution in [1.29, 1.82) is 0 Å². The van der Waals surface area contributed by atoms with Gasteiger partial charge in [0.25, 0.3) is 0 Å². The number of halogens is 3. The standard InChI is InChI=1S/C11H6F3N2/c12-11(13,14)10-3-1-2-8(4-10)9-5-15-7-16-6-9/h1-5,7H. The first-order chi connectivity index (χ1) is 7.57. The molecule has 0 bridgehead atoms. The first-order valence-corrected chi connectivity index (χ1v) is 4.43. The molecule has 16 heavy (non-hydrogen) atoms. The Morgan fingerprint density at radius 3 is 2.62 bits per heavy atom. The third-order valence-corrected chi connectivity index (χ3v) is 2.01. The highest BCUT2D eigenvalue weighted by molar-refractivity contribution is 5.61. The lowest BCUT2D eigenvalue weighted by Crippen LogP contribution is -2.04. The van der Waals surface area contributed by atoms with Crippen molar-refractivity contribution < 1.29 is 13.2 Å². The summed E-state index contributed by atoms with van der Waals surface area (Å²) in [5.74, 6) is 0. The normalized spacial score (nSPS) is 11.4. The molecule has 0 amide bonds. The molecular weight excluding hydrogens is 217 g/mol. The van der Waals surface area contributed by atoms with Crippen LogP contribution in [-0.4, -0.2) is 9.97 Å². The highest BCUT2D eigenvalue weighted by Crippen LogP contribution is 2.31. The van der Waals surface area contributed by atoms with Gasteiger partial charge in [0.1, 0.15) is 12.5 Å². The summed E-state index contributed by atoms with van der Waals surface area (Å²) < 4.78 is 37.3. The van der Waals surface area contributed by atoms with Crippen LogP contribution in [0.4, 0.5) is 13.2 Å². The van der Waals surface area contributed by atoms with Crippen molar-refractivity contribution in [2.24, 2.45) is 0 Å². The summed E-state index contributed by atoms with van der Waals surface area (Å²) in [5.41, 5.74) is 0.145. The topological polar surface area (TPSA) is 25.8 Å². The predicted molar refractivity (Wildman–Crippen MR) is 51.3 cm³/mol. The average molecular weight is 223 g/mol. The maximum absolute atomic E-state index is 12.4. The zero-order valence-electron chi connectivity index (χ0n) is 7.99. The Morgan fingerprint density at radius 1 is 1.19 bits per heavy atom. The Bertz CT molecular complexity index is 480. The van der Waals surface area contributed by atoms with Crippen LogP contribution in [0.15, 0.2) is 36.8 Å². The molecule has 2 nitrogen and oxygen atoms in total. The maximum atomic E-state index is 12.4. The Balaban J connectivity index is 2.45. The van der Waals surface area contributed by atoms with Gasteiger partial charge in [0, 0.05) is 11.8 Å². The van der Waals surface area contributed by atoms with Gasteiger partial charge in [0.15, 0.2) is 0 Å². The second-order valence-electron chi connectivity index (χ2n) is 3.13. The molecule has 5 heteroatoms. The smallest absolute Gasteiger partial charge is 0.244 e. The van der Waals surface area contributed by atoms with Crippen LogP contribution in [0.5, 0.6) is 0 Å². The van der Waals surface area contributed by atoms with Crippen molar-refractivity contribution in [2.45, 2.75) is 6.18 Å². The second-order valence-corrected chi connectivity index (χ2v) is 3.13. The summed E-state index contributed by atoms with van der Waals surface area (Å²) in [7, 11) is 0. The Kier molecular flexibility index (Phi) is 2.60. The molecule has 1 heterocycles. The zero-order valence-corrected chi connectivity index (χ0v) is 7.99. The van der Waals surface area contributed by atoms with E-state index in [9.17, 15) is 13.2 Å². The summed E-state index contributed by atoms with van der Waals surface area (Å²) in [6.07, 6.45) is 0.936. The van der Waals surface area contributed by atoms with E-state index in [1.54, 1.807) is 6.07 Å². The summed E-state index contributed by atoms with van der Waals surface area (Å²) in [6.45, 7) is 0. The number of nitrogens with zero attached hydrogens (tertiary/aromatic N) is 2. The molecule has 0 saturated heterocycles. The van der Waals surface area contributed by atoms with Gasteiger partial charge >= 0.3 is 6.18 Å². The maximum Gasteiger partial charge on any atom is 0.416 e. The third kappa shape index (κ3) is 2.18. The first-order valence-electron chi connectivity index (χ1n) is 4.43. The molecule has 0 unspecified atom stereocenters. The number of aromatic nitrogens is 2. The molecule has 0 aliphatic carbocycles. The van der Waals surface area contributed by atoms with Crippen molar-refractivity contribution in [1.82, 2.24) is 9.97 Å². The van der Waals surface area contributed by atoms with E-state index < -0.39 is 11.7 Å². The van der Waals surface area contributed by atoms with Gasteiger partial charge in [0.05, 0.1) is 5.56 Å². The molecule has 81 valence electrons. The summed E-state index contributed by atoms with van der Waals surface area (Å²) in [4.78, 5) is 7.36. The van der Waals surface area contributed by atoms with Crippen LogP contribution < -0.4 is 0 Å². The van der Waals surface area contributed by atoms with Crippen molar-refractivity contribution in [3.8, 4) is 11.1 Å². The minimum atomic E-state index is -4.34. The molecule has 1 radical (unpaired) electrons. The average Bonchev–Trinajstić information content (AvgIpc) is 2.29. The number of hydrogen-bond acceptors (Lipinski definition) is 2. The van der Waals surface area contributed by atoms with E-state index in [4.69, 9.17) is 0 Å². The molecule has 0 aliphatic heterocycles. The molecule has 2 rings (SSSR count). The number of rotatable bonds is 1. The van der Waals surface area contributed by atoms with E-state index in [1.165, 1.54) is 18.6 Å². The van der Waals surface area contributed by atoms with E-state index in [1.807, 2.05) is 0 Å². The number of hydrogen-bond donors (Lipinski definition) is 0. The lowest BCUT2D eigenvalue weighted by molar-refractivity contribution is -0.137. The van der Waals surface area contributed by atoms with Crippen molar-refractivity contribution in [2.75, 3.05) is 0 Å². The lowest BCUT2D eigenvalue weighted by atomic mass is 10.1. The van der Waals surface area contributed by atoms with Crippen LogP contribution in [0.25, 0.3) is 11.1 Å². The Hall–Kier alpha value is -1.91. The highest BCUT2D eigenvalue weighted by Gasteiger charge is 2.30. The Morgan fingerprint density at radius 2 is 2.00 bits per heavy atom. The zero-order chi connectivity index (χ0) is 11.6. The predicted octanol–water partition coefficient (Wildman–Crippen LogP) is 2.96. The second kappa shape index (κ2) is 3.92. The summed E-state index contributed by atoms with van der Waals surface area (Å²) >= 11 is 0. The number of benzene rings is 1. The molecule has 1 aromatic heterocycles. The van der Waals surface area contributed by atoms with Crippen LogP contribution in [0.2, 0.25) is 0 Å². The van der Waals surface area contributed by atoms with E-state index >= 15 is 0 Å². The van der Waals surface area contributed by atoms with Gasteiger partial charge in [-0.1, -0.05) is 12.1 Å². The molecule has 0 aliphatic rings. The lowest BCUT2D eigenvalue weighted by Gasteiger charge is -2.07. The van der Waals surface area contributed by atoms with Crippen LogP contribution in [-0.2, 0) is 6.18 Å². The molecular formula is C11H6F3N2. The third-order valence-electron chi connectivity index (χ3n) is 2.01. The van der Waals surface area contributed by atoms with Crippen LogP contribution >= 0.6 is 0 Å². The van der Waals surface area contributed by atoms with Gasteiger partial charge in [-0.25, -0.2) is 9.97 Å². The van der Waals surface area contributed by atoms with Gasteiger partial charge in [-0.2, -0.15) is 13.2 Å². The molecule has 0 saturated carbocycles. The monoisotopic (exact) mass is 223 g/mol. The quantitative estimate of drug-likeness (QED) is 0.742. The summed E-state index contributed by atoms with van der Waals surface area (Å²) in [5, 5.41) is 0. The van der Waals surface area contributed by atoms with E-state index in [2.05, 4.69) is 16.2 Å². The van der Waals surface area contributed by atoms with Crippen molar-refractivity contribution >= 4 is 0 Å². The SMILES string of the molecule is FC(F)(F)c1cccc(-c2[c]ncnc2)c1. The van der Waals surface area contributed by atoms with Crippen LogP contribution in [0.1, 0.15) is 5.56 Å². The Labute approximate surface area is 89.8 Å². The number of alkyl halides is 3. The molecule has 0 spiro atoms. The van der Waals surface area contributed by atoms with Crippen LogP contribution in [0, 0.1) is 6.20 Å². The van der Waals surface area contributed by atoms with E-state index in [-0.39, 0.29) is 0 Å². The minimum absolute atomic E-state index is 0.399. The van der Waals surface area contributed by atoms with Gasteiger partial charge in [0.2, 0.25) is 0 Å². The molecule has 0 atom stereocenters. The van der Waals surface area contributed by atoms with E-state index in [0.717, 1.165) is 12.1 Å². The van der Waals surface area contributed by atoms with Gasteiger partial charge in [-0.15, -0.1) is 0 Å². The molecule has 2 aromatic rings. The van der Waals surface area contributed by atoms with Crippen molar-refractivity contribution in [3.63, 3.8) is 0 Å². The molecule has 1 aromatic carbocycles. The van der Waals surface area contributed by atoms with Crippen molar-refractivity contribution in [3.05, 3.63) is 48.5 Å². The largest absolute Gasteiger partial charge is 0.416 e. The summed E-state index contributed by atoms with van der Waals surface area (Å²) in [6, 6.07) is 4.98. The molecule has 0 fully saturated rings. The fourth-order valence-electron chi connectivity index (χ4n) is 1.27.